The Morgan fingerprint density at radius 3 is 2.52 bits per heavy atom. The van der Waals surface area contributed by atoms with Crippen LogP contribution in [0.25, 0.3) is 0 Å². The van der Waals surface area contributed by atoms with Crippen molar-refractivity contribution >= 4 is 0 Å². The van der Waals surface area contributed by atoms with Crippen LogP contribution in [0.4, 0.5) is 13.2 Å². The standard InChI is InChI=1S/C20H26F3N3O3/c1-5-19(6-2,26-12-24-11-25-26)16(27)18(3,4)10-13-7-8-14-15(9-13)28-17(21)20(22,23)29-14/h7-9,11-12,16-17,27H,5-6,10H2,1-4H3. The van der Waals surface area contributed by atoms with Crippen molar-refractivity contribution in [3.63, 3.8) is 0 Å². The molecular weight excluding hydrogens is 387 g/mol. The fourth-order valence-corrected chi connectivity index (χ4v) is 4.09. The zero-order chi connectivity index (χ0) is 21.4. The molecule has 1 aliphatic rings. The van der Waals surface area contributed by atoms with Gasteiger partial charge in [0.2, 0.25) is 0 Å². The molecular formula is C20H26F3N3O3. The molecule has 2 aromatic rings. The number of halogens is 3. The highest BCUT2D eigenvalue weighted by Gasteiger charge is 2.50. The maximum Gasteiger partial charge on any atom is 0.468 e. The van der Waals surface area contributed by atoms with Crippen molar-refractivity contribution in [3.8, 4) is 11.5 Å². The molecule has 0 radical (unpaired) electrons. The summed E-state index contributed by atoms with van der Waals surface area (Å²) in [6.07, 6.45) is -2.99. The number of hydrogen-bond donors (Lipinski definition) is 1. The van der Waals surface area contributed by atoms with E-state index in [0.29, 0.717) is 24.8 Å². The SMILES string of the molecule is CCC(CC)(C(O)C(C)(C)Cc1ccc2c(c1)OC(F)C(F)(F)O2)n1cncn1. The molecule has 160 valence electrons. The minimum Gasteiger partial charge on any atom is -0.447 e. The number of nitrogens with zero attached hydrogens (tertiary/aromatic N) is 3. The average Bonchev–Trinajstić information content (AvgIpc) is 3.19. The normalized spacial score (nSPS) is 19.8. The molecule has 0 spiro atoms. The predicted octanol–water partition coefficient (Wildman–Crippen LogP) is 4.08. The van der Waals surface area contributed by atoms with Gasteiger partial charge >= 0.3 is 12.5 Å². The van der Waals surface area contributed by atoms with Crippen molar-refractivity contribution in [2.75, 3.05) is 0 Å². The molecule has 1 aromatic heterocycles. The molecule has 1 aliphatic heterocycles. The monoisotopic (exact) mass is 413 g/mol. The number of fused-ring (bicyclic) bond motifs is 1. The Kier molecular flexibility index (Phi) is 5.55. The molecule has 2 atom stereocenters. The maximum absolute atomic E-state index is 13.5. The lowest BCUT2D eigenvalue weighted by molar-refractivity contribution is -0.281. The van der Waals surface area contributed by atoms with Crippen LogP contribution < -0.4 is 9.47 Å². The second-order valence-electron chi connectivity index (χ2n) is 8.10. The summed E-state index contributed by atoms with van der Waals surface area (Å²) in [6.45, 7) is 7.79. The number of aliphatic hydroxyl groups is 1. The van der Waals surface area contributed by atoms with E-state index in [4.69, 9.17) is 4.74 Å². The van der Waals surface area contributed by atoms with Gasteiger partial charge in [0.05, 0.1) is 11.6 Å². The van der Waals surface area contributed by atoms with Crippen LogP contribution in [0.5, 0.6) is 11.5 Å². The van der Waals surface area contributed by atoms with E-state index >= 15 is 0 Å². The topological polar surface area (TPSA) is 69.4 Å². The van der Waals surface area contributed by atoms with Crippen LogP contribution in [0, 0.1) is 5.41 Å². The zero-order valence-corrected chi connectivity index (χ0v) is 16.9. The van der Waals surface area contributed by atoms with Gasteiger partial charge in [0.25, 0.3) is 0 Å². The Labute approximate surface area is 167 Å². The first-order chi connectivity index (χ1) is 13.6. The minimum absolute atomic E-state index is 0.0836. The summed E-state index contributed by atoms with van der Waals surface area (Å²) in [5, 5.41) is 15.6. The molecule has 0 saturated carbocycles. The lowest BCUT2D eigenvalue weighted by Gasteiger charge is -2.44. The summed E-state index contributed by atoms with van der Waals surface area (Å²) in [6, 6.07) is 4.41. The van der Waals surface area contributed by atoms with E-state index in [1.807, 2.05) is 27.7 Å². The van der Waals surface area contributed by atoms with Crippen LogP contribution in [0.2, 0.25) is 0 Å². The molecule has 0 fully saturated rings. The van der Waals surface area contributed by atoms with Gasteiger partial charge in [-0.05, 0) is 42.4 Å². The van der Waals surface area contributed by atoms with Gasteiger partial charge in [-0.2, -0.15) is 18.3 Å². The van der Waals surface area contributed by atoms with Gasteiger partial charge < -0.3 is 14.6 Å². The first kappa shape index (κ1) is 21.4. The number of benzene rings is 1. The fourth-order valence-electron chi connectivity index (χ4n) is 4.09. The molecule has 29 heavy (non-hydrogen) atoms. The van der Waals surface area contributed by atoms with Crippen molar-refractivity contribution in [1.29, 1.82) is 0 Å². The van der Waals surface area contributed by atoms with E-state index in [-0.39, 0.29) is 11.5 Å². The average molecular weight is 413 g/mol. The quantitative estimate of drug-likeness (QED) is 0.741. The summed E-state index contributed by atoms with van der Waals surface area (Å²) >= 11 is 0. The van der Waals surface area contributed by atoms with Gasteiger partial charge in [0.15, 0.2) is 11.5 Å². The van der Waals surface area contributed by atoms with Crippen molar-refractivity contribution in [3.05, 3.63) is 36.4 Å². The van der Waals surface area contributed by atoms with Gasteiger partial charge in [-0.1, -0.05) is 33.8 Å². The van der Waals surface area contributed by atoms with E-state index in [1.165, 1.54) is 18.5 Å². The highest BCUT2D eigenvalue weighted by atomic mass is 19.3. The molecule has 6 nitrogen and oxygen atoms in total. The number of hydrogen-bond acceptors (Lipinski definition) is 5. The van der Waals surface area contributed by atoms with Gasteiger partial charge in [-0.15, -0.1) is 0 Å². The third-order valence-electron chi connectivity index (χ3n) is 5.76. The maximum atomic E-state index is 13.5. The summed E-state index contributed by atoms with van der Waals surface area (Å²) in [4.78, 5) is 4.01. The lowest BCUT2D eigenvalue weighted by Crippen LogP contribution is -2.52. The highest BCUT2D eigenvalue weighted by molar-refractivity contribution is 5.44. The Morgan fingerprint density at radius 1 is 1.24 bits per heavy atom. The molecule has 2 unspecified atom stereocenters. The summed E-state index contributed by atoms with van der Waals surface area (Å²) in [7, 11) is 0. The number of alkyl halides is 3. The van der Waals surface area contributed by atoms with Crippen LogP contribution >= 0.6 is 0 Å². The van der Waals surface area contributed by atoms with Crippen LogP contribution in [0.1, 0.15) is 46.1 Å². The second kappa shape index (κ2) is 7.51. The van der Waals surface area contributed by atoms with E-state index in [9.17, 15) is 18.3 Å². The third-order valence-corrected chi connectivity index (χ3v) is 5.76. The third kappa shape index (κ3) is 3.80. The smallest absolute Gasteiger partial charge is 0.447 e. The molecule has 1 aromatic carbocycles. The number of ether oxygens (including phenoxy) is 2. The Bertz CT molecular complexity index is 839. The van der Waals surface area contributed by atoms with Crippen LogP contribution in [-0.2, 0) is 12.0 Å². The highest BCUT2D eigenvalue weighted by Crippen LogP contribution is 2.43. The zero-order valence-electron chi connectivity index (χ0n) is 16.9. The van der Waals surface area contributed by atoms with E-state index in [0.717, 1.165) is 0 Å². The summed E-state index contributed by atoms with van der Waals surface area (Å²) in [5.41, 5.74) is -0.575. The van der Waals surface area contributed by atoms with Crippen LogP contribution in [0.15, 0.2) is 30.9 Å². The number of aliphatic hydroxyl groups excluding tert-OH is 1. The van der Waals surface area contributed by atoms with Gasteiger partial charge in [-0.3, -0.25) is 0 Å². The fraction of sp³-hybridized carbons (Fsp3) is 0.600. The Hall–Kier alpha value is -2.29. The van der Waals surface area contributed by atoms with Crippen LogP contribution in [-0.4, -0.2) is 38.4 Å². The summed E-state index contributed by atoms with van der Waals surface area (Å²) in [5.74, 6) is -0.301. The molecule has 0 aliphatic carbocycles. The van der Waals surface area contributed by atoms with Crippen molar-refractivity contribution in [2.45, 2.75) is 71.1 Å². The molecule has 1 N–H and O–H groups in total. The Balaban J connectivity index is 1.86. The van der Waals surface area contributed by atoms with Crippen LogP contribution in [0.3, 0.4) is 0 Å². The minimum atomic E-state index is -4.02. The molecule has 3 rings (SSSR count). The van der Waals surface area contributed by atoms with Crippen molar-refractivity contribution in [2.24, 2.45) is 5.41 Å². The first-order valence-electron chi connectivity index (χ1n) is 9.59. The predicted molar refractivity (Wildman–Crippen MR) is 99.6 cm³/mol. The van der Waals surface area contributed by atoms with Crippen molar-refractivity contribution < 1.29 is 27.8 Å². The first-order valence-corrected chi connectivity index (χ1v) is 9.59. The van der Waals surface area contributed by atoms with Gasteiger partial charge in [0.1, 0.15) is 12.7 Å². The molecule has 0 amide bonds. The number of rotatable bonds is 7. The second-order valence-corrected chi connectivity index (χ2v) is 8.10. The van der Waals surface area contributed by atoms with E-state index < -0.39 is 29.5 Å². The van der Waals surface area contributed by atoms with Gasteiger partial charge in [-0.25, -0.2) is 9.67 Å². The lowest BCUT2D eigenvalue weighted by atomic mass is 9.70. The largest absolute Gasteiger partial charge is 0.468 e. The Morgan fingerprint density at radius 2 is 1.93 bits per heavy atom. The molecule has 9 heteroatoms. The van der Waals surface area contributed by atoms with E-state index in [2.05, 4.69) is 14.8 Å². The molecule has 2 heterocycles. The molecule has 0 saturated heterocycles. The molecule has 0 bridgehead atoms. The van der Waals surface area contributed by atoms with E-state index in [1.54, 1.807) is 17.1 Å². The number of aromatic nitrogens is 3. The van der Waals surface area contributed by atoms with Crippen molar-refractivity contribution in [1.82, 2.24) is 14.8 Å². The summed E-state index contributed by atoms with van der Waals surface area (Å²) < 4.78 is 50.9. The van der Waals surface area contributed by atoms with Gasteiger partial charge in [0, 0.05) is 0 Å².